The molecular weight excluding hydrogens is 366 g/mol. The highest BCUT2D eigenvalue weighted by atomic mass is 16.6. The number of hydrogen-bond donors (Lipinski definition) is 1. The van der Waals surface area contributed by atoms with Crippen LogP contribution in [-0.4, -0.2) is 43.5 Å². The van der Waals surface area contributed by atoms with Crippen LogP contribution in [0.2, 0.25) is 0 Å². The summed E-state index contributed by atoms with van der Waals surface area (Å²) in [6, 6.07) is 11.5. The Hall–Kier alpha value is -3.62. The Kier molecular flexibility index (Phi) is 5.73. The highest BCUT2D eigenvalue weighted by molar-refractivity contribution is 5.89. The number of amides is 1. The lowest BCUT2D eigenvalue weighted by Gasteiger charge is -2.28. The van der Waals surface area contributed by atoms with Crippen molar-refractivity contribution in [1.82, 2.24) is 5.32 Å². The summed E-state index contributed by atoms with van der Waals surface area (Å²) in [4.78, 5) is 35.9. The number of ether oxygens (including phenoxy) is 2. The van der Waals surface area contributed by atoms with Gasteiger partial charge < -0.3 is 19.7 Å². The van der Waals surface area contributed by atoms with Gasteiger partial charge in [-0.2, -0.15) is 0 Å². The normalized spacial score (nSPS) is 12.8. The van der Waals surface area contributed by atoms with Crippen LogP contribution < -0.4 is 19.7 Å². The minimum absolute atomic E-state index is 0.0531. The molecule has 0 fully saturated rings. The molecule has 1 N–H and O–H groups in total. The summed E-state index contributed by atoms with van der Waals surface area (Å²) in [7, 11) is 1.60. The molecule has 1 aliphatic rings. The molecule has 2 aromatic rings. The maximum absolute atomic E-state index is 12.3. The van der Waals surface area contributed by atoms with Crippen molar-refractivity contribution >= 4 is 23.3 Å². The van der Waals surface area contributed by atoms with Crippen molar-refractivity contribution < 1.29 is 24.0 Å². The second kappa shape index (κ2) is 8.38. The average molecular weight is 385 g/mol. The predicted molar refractivity (Wildman–Crippen MR) is 101 cm³/mol. The first-order chi connectivity index (χ1) is 13.5. The molecule has 0 spiro atoms. The van der Waals surface area contributed by atoms with Crippen molar-refractivity contribution in [1.29, 1.82) is 0 Å². The fourth-order valence-electron chi connectivity index (χ4n) is 2.86. The van der Waals surface area contributed by atoms with Crippen molar-refractivity contribution in [3.05, 3.63) is 58.1 Å². The third-order valence-corrected chi connectivity index (χ3v) is 4.27. The molecule has 0 radical (unpaired) electrons. The van der Waals surface area contributed by atoms with E-state index < -0.39 is 10.9 Å². The minimum Gasteiger partial charge on any atom is -0.497 e. The number of methoxy groups -OCH3 is 1. The van der Waals surface area contributed by atoms with Gasteiger partial charge in [-0.3, -0.25) is 14.9 Å². The second-order valence-corrected chi connectivity index (χ2v) is 6.19. The Morgan fingerprint density at radius 3 is 2.71 bits per heavy atom. The summed E-state index contributed by atoms with van der Waals surface area (Å²) < 4.78 is 10.2. The van der Waals surface area contributed by atoms with Gasteiger partial charge in [0.25, 0.3) is 5.69 Å². The number of benzene rings is 2. The van der Waals surface area contributed by atoms with Crippen LogP contribution in [0.1, 0.15) is 5.56 Å². The monoisotopic (exact) mass is 385 g/mol. The van der Waals surface area contributed by atoms with Gasteiger partial charge in [0, 0.05) is 12.6 Å². The first-order valence-electron chi connectivity index (χ1n) is 8.60. The Morgan fingerprint density at radius 2 is 2.04 bits per heavy atom. The summed E-state index contributed by atoms with van der Waals surface area (Å²) in [5, 5.41) is 13.7. The topological polar surface area (TPSA) is 111 Å². The number of hydrogen-bond acceptors (Lipinski definition) is 7. The fraction of sp³-hybridized carbons (Fsp3) is 0.263. The molecule has 9 heteroatoms. The van der Waals surface area contributed by atoms with Crippen molar-refractivity contribution in [2.75, 3.05) is 31.6 Å². The van der Waals surface area contributed by atoms with Crippen molar-refractivity contribution in [2.45, 2.75) is 6.42 Å². The van der Waals surface area contributed by atoms with Gasteiger partial charge in [0.15, 0.2) is 5.75 Å². The number of non-ortho nitro benzene ring substituents is 1. The molecule has 28 heavy (non-hydrogen) atoms. The summed E-state index contributed by atoms with van der Waals surface area (Å²) in [6.07, 6.45) is 0.653. The Bertz CT molecular complexity index is 897. The Balaban J connectivity index is 1.58. The molecule has 0 saturated carbocycles. The van der Waals surface area contributed by atoms with E-state index in [1.165, 1.54) is 23.1 Å². The first kappa shape index (κ1) is 19.2. The van der Waals surface area contributed by atoms with E-state index in [0.29, 0.717) is 18.7 Å². The van der Waals surface area contributed by atoms with Crippen LogP contribution in [0.4, 0.5) is 11.4 Å². The average Bonchev–Trinajstić information content (AvgIpc) is 2.67. The maximum Gasteiger partial charge on any atom is 0.331 e. The van der Waals surface area contributed by atoms with Gasteiger partial charge >= 0.3 is 5.97 Å². The number of rotatable bonds is 7. The van der Waals surface area contributed by atoms with Crippen LogP contribution in [0.15, 0.2) is 42.5 Å². The van der Waals surface area contributed by atoms with Gasteiger partial charge in [0.2, 0.25) is 5.91 Å². The fourth-order valence-corrected chi connectivity index (χ4v) is 2.86. The predicted octanol–water partition coefficient (Wildman–Crippen LogP) is 1.69. The summed E-state index contributed by atoms with van der Waals surface area (Å²) in [5.41, 5.74) is 1.34. The molecule has 0 unspecified atom stereocenters. The number of carbonyl (C=O) groups excluding carboxylic acids is 2. The number of fused-ring (bicyclic) bond motifs is 1. The summed E-state index contributed by atoms with van der Waals surface area (Å²) in [5.74, 6) is 0.0201. The maximum atomic E-state index is 12.3. The largest absolute Gasteiger partial charge is 0.497 e. The van der Waals surface area contributed by atoms with E-state index in [4.69, 9.17) is 9.47 Å². The zero-order chi connectivity index (χ0) is 20.1. The van der Waals surface area contributed by atoms with Crippen LogP contribution in [0.3, 0.4) is 0 Å². The van der Waals surface area contributed by atoms with E-state index in [1.54, 1.807) is 7.11 Å². The van der Waals surface area contributed by atoms with Gasteiger partial charge in [0.05, 0.1) is 30.3 Å². The van der Waals surface area contributed by atoms with Crippen molar-refractivity contribution in [3.63, 3.8) is 0 Å². The number of nitrogens with one attached hydrogen (secondary N) is 1. The van der Waals surface area contributed by atoms with Gasteiger partial charge in [-0.25, -0.2) is 4.79 Å². The third-order valence-electron chi connectivity index (χ3n) is 4.27. The third kappa shape index (κ3) is 4.56. The molecule has 3 rings (SSSR count). The highest BCUT2D eigenvalue weighted by Gasteiger charge is 2.27. The number of esters is 1. The standard InChI is InChI=1S/C19H19N3O6/c1-27-15-5-2-13(3-6-15)8-9-20-18(23)11-21-12-19(24)28-17-10-14(22(25)26)4-7-16(17)21/h2-7,10H,8-9,11-12H2,1H3,(H,20,23). The molecule has 0 saturated heterocycles. The van der Waals surface area contributed by atoms with Crippen LogP contribution in [-0.2, 0) is 16.0 Å². The molecule has 1 aliphatic heterocycles. The van der Waals surface area contributed by atoms with E-state index in [9.17, 15) is 19.7 Å². The van der Waals surface area contributed by atoms with E-state index >= 15 is 0 Å². The number of nitro benzene ring substituents is 1. The SMILES string of the molecule is COc1ccc(CCNC(=O)CN2CC(=O)Oc3cc([N+](=O)[O-])ccc32)cc1. The number of carbonyl (C=O) groups is 2. The van der Waals surface area contributed by atoms with Crippen LogP contribution >= 0.6 is 0 Å². The molecule has 0 aliphatic carbocycles. The molecule has 1 heterocycles. The first-order valence-corrected chi connectivity index (χ1v) is 8.60. The number of nitrogens with zero attached hydrogens (tertiary/aromatic N) is 2. The van der Waals surface area contributed by atoms with E-state index in [-0.39, 0.29) is 30.4 Å². The van der Waals surface area contributed by atoms with Gasteiger partial charge in [0.1, 0.15) is 12.3 Å². The lowest BCUT2D eigenvalue weighted by Crippen LogP contribution is -2.43. The molecule has 146 valence electrons. The zero-order valence-electron chi connectivity index (χ0n) is 15.2. The Labute approximate surface area is 161 Å². The minimum atomic E-state index is -0.570. The van der Waals surface area contributed by atoms with Gasteiger partial charge in [-0.1, -0.05) is 12.1 Å². The summed E-state index contributed by atoms with van der Waals surface area (Å²) >= 11 is 0. The molecule has 0 aromatic heterocycles. The van der Waals surface area contributed by atoms with E-state index in [0.717, 1.165) is 11.3 Å². The lowest BCUT2D eigenvalue weighted by atomic mass is 10.1. The molecular formula is C19H19N3O6. The van der Waals surface area contributed by atoms with Crippen LogP contribution in [0.5, 0.6) is 11.5 Å². The molecule has 0 atom stereocenters. The zero-order valence-corrected chi connectivity index (χ0v) is 15.2. The number of anilines is 1. The highest BCUT2D eigenvalue weighted by Crippen LogP contribution is 2.34. The molecule has 2 aromatic carbocycles. The second-order valence-electron chi connectivity index (χ2n) is 6.19. The molecule has 1 amide bonds. The van der Waals surface area contributed by atoms with Gasteiger partial charge in [-0.05, 0) is 30.2 Å². The van der Waals surface area contributed by atoms with Gasteiger partial charge in [-0.15, -0.1) is 0 Å². The smallest absolute Gasteiger partial charge is 0.331 e. The van der Waals surface area contributed by atoms with Crippen molar-refractivity contribution in [3.8, 4) is 11.5 Å². The lowest BCUT2D eigenvalue weighted by molar-refractivity contribution is -0.384. The van der Waals surface area contributed by atoms with E-state index in [1.807, 2.05) is 24.3 Å². The number of nitro groups is 1. The Morgan fingerprint density at radius 1 is 1.29 bits per heavy atom. The molecule has 9 nitrogen and oxygen atoms in total. The van der Waals surface area contributed by atoms with Crippen LogP contribution in [0, 0.1) is 10.1 Å². The van der Waals surface area contributed by atoms with E-state index in [2.05, 4.69) is 5.32 Å². The quantitative estimate of drug-likeness (QED) is 0.334. The van der Waals surface area contributed by atoms with Crippen LogP contribution in [0.25, 0.3) is 0 Å². The summed E-state index contributed by atoms with van der Waals surface area (Å²) in [6.45, 7) is 0.288. The van der Waals surface area contributed by atoms with Crippen molar-refractivity contribution in [2.24, 2.45) is 0 Å². The molecule has 0 bridgehead atoms.